The van der Waals surface area contributed by atoms with Gasteiger partial charge in [0.15, 0.2) is 0 Å². The molecule has 0 aliphatic heterocycles. The molecule has 0 unspecified atom stereocenters. The Bertz CT molecular complexity index is 344. The fraction of sp³-hybridized carbons (Fsp3) is 0.125. The lowest BCUT2D eigenvalue weighted by atomic mass is 10.1. The van der Waals surface area contributed by atoms with Crippen LogP contribution in [0.25, 0.3) is 0 Å². The molecule has 0 saturated heterocycles. The zero-order valence-corrected chi connectivity index (χ0v) is 7.80. The van der Waals surface area contributed by atoms with E-state index < -0.39 is 0 Å². The molecular weight excluding hydrogens is 220 g/mol. The van der Waals surface area contributed by atoms with E-state index in [0.717, 1.165) is 0 Å². The van der Waals surface area contributed by atoms with Crippen LogP contribution < -0.4 is 5.73 Å². The number of nitrogens with zero attached hydrogens (tertiary/aromatic N) is 1. The van der Waals surface area contributed by atoms with Gasteiger partial charge in [-0.15, -0.1) is 0 Å². The van der Waals surface area contributed by atoms with Crippen molar-refractivity contribution in [3.05, 3.63) is 27.7 Å². The van der Waals surface area contributed by atoms with Crippen molar-refractivity contribution in [1.29, 1.82) is 5.26 Å². The molecule has 0 amide bonds. The lowest BCUT2D eigenvalue weighted by Gasteiger charge is -2.03. The van der Waals surface area contributed by atoms with Crippen molar-refractivity contribution in [2.45, 2.75) is 6.61 Å². The van der Waals surface area contributed by atoms with E-state index in [9.17, 15) is 0 Å². The van der Waals surface area contributed by atoms with E-state index in [4.69, 9.17) is 16.1 Å². The van der Waals surface area contributed by atoms with E-state index in [1.165, 1.54) is 0 Å². The summed E-state index contributed by atoms with van der Waals surface area (Å²) in [5.74, 6) is 0. The molecule has 0 bridgehead atoms. The first-order valence-corrected chi connectivity index (χ1v) is 4.07. The number of anilines is 1. The smallest absolute Gasteiger partial charge is 0.100 e. The molecule has 0 heterocycles. The Morgan fingerprint density at radius 2 is 2.25 bits per heavy atom. The molecule has 1 rings (SSSR count). The summed E-state index contributed by atoms with van der Waals surface area (Å²) in [5.41, 5.74) is 7.06. The topological polar surface area (TPSA) is 70.0 Å². The average Bonchev–Trinajstić information content (AvgIpc) is 2.08. The predicted molar refractivity (Wildman–Crippen MR) is 49.2 cm³/mol. The highest BCUT2D eigenvalue weighted by atomic mass is 79.9. The lowest BCUT2D eigenvalue weighted by molar-refractivity contribution is 0.281. The van der Waals surface area contributed by atoms with E-state index in [0.29, 0.717) is 21.3 Å². The Morgan fingerprint density at radius 1 is 1.58 bits per heavy atom. The number of nitrogen functional groups attached to an aromatic ring is 1. The summed E-state index contributed by atoms with van der Waals surface area (Å²) in [6, 6.07) is 5.16. The minimum absolute atomic E-state index is 0.125. The number of rotatable bonds is 1. The van der Waals surface area contributed by atoms with Gasteiger partial charge in [-0.2, -0.15) is 5.26 Å². The number of aliphatic hydroxyl groups excluding tert-OH is 1. The first kappa shape index (κ1) is 9.04. The normalized spacial score (nSPS) is 9.42. The summed E-state index contributed by atoms with van der Waals surface area (Å²) in [7, 11) is 0. The third-order valence-electron chi connectivity index (χ3n) is 1.46. The molecule has 0 aliphatic rings. The van der Waals surface area contributed by atoms with Crippen molar-refractivity contribution in [2.75, 3.05) is 5.73 Å². The van der Waals surface area contributed by atoms with E-state index in [-0.39, 0.29) is 6.61 Å². The fourth-order valence-corrected chi connectivity index (χ4v) is 1.35. The lowest BCUT2D eigenvalue weighted by Crippen LogP contribution is -1.93. The third-order valence-corrected chi connectivity index (χ3v) is 2.40. The maximum Gasteiger partial charge on any atom is 0.100 e. The molecule has 3 N–H and O–H groups in total. The van der Waals surface area contributed by atoms with Crippen LogP contribution >= 0.6 is 15.9 Å². The van der Waals surface area contributed by atoms with Crippen LogP contribution in [0.15, 0.2) is 16.6 Å². The van der Waals surface area contributed by atoms with Crippen LogP contribution in [-0.2, 0) is 6.61 Å². The van der Waals surface area contributed by atoms with Crippen LogP contribution in [0, 0.1) is 11.3 Å². The summed E-state index contributed by atoms with van der Waals surface area (Å²) in [5, 5.41) is 17.5. The van der Waals surface area contributed by atoms with E-state index in [1.54, 1.807) is 12.1 Å². The summed E-state index contributed by atoms with van der Waals surface area (Å²) in [6.45, 7) is -0.125. The highest BCUT2D eigenvalue weighted by Crippen LogP contribution is 2.24. The van der Waals surface area contributed by atoms with Crippen molar-refractivity contribution in [1.82, 2.24) is 0 Å². The standard InChI is InChI=1S/C8H7BrN2O/c9-8-5(3-10)1-7(11)2-6(8)4-12/h1-2,12H,4,11H2. The van der Waals surface area contributed by atoms with Crippen LogP contribution in [0.2, 0.25) is 0 Å². The van der Waals surface area contributed by atoms with Crippen LogP contribution in [-0.4, -0.2) is 5.11 Å². The molecular formula is C8H7BrN2O. The van der Waals surface area contributed by atoms with Gasteiger partial charge >= 0.3 is 0 Å². The van der Waals surface area contributed by atoms with E-state index in [2.05, 4.69) is 15.9 Å². The summed E-state index contributed by atoms with van der Waals surface area (Å²) < 4.78 is 0.613. The molecule has 3 nitrogen and oxygen atoms in total. The minimum Gasteiger partial charge on any atom is -0.399 e. The predicted octanol–water partition coefficient (Wildman–Crippen LogP) is 1.40. The molecule has 12 heavy (non-hydrogen) atoms. The zero-order valence-electron chi connectivity index (χ0n) is 6.21. The van der Waals surface area contributed by atoms with Gasteiger partial charge < -0.3 is 10.8 Å². The van der Waals surface area contributed by atoms with Crippen molar-refractivity contribution >= 4 is 21.6 Å². The Morgan fingerprint density at radius 3 is 2.75 bits per heavy atom. The van der Waals surface area contributed by atoms with Crippen LogP contribution in [0.4, 0.5) is 5.69 Å². The second-order valence-electron chi connectivity index (χ2n) is 2.31. The largest absolute Gasteiger partial charge is 0.399 e. The highest BCUT2D eigenvalue weighted by molar-refractivity contribution is 9.10. The van der Waals surface area contributed by atoms with Gasteiger partial charge in [0.25, 0.3) is 0 Å². The molecule has 0 atom stereocenters. The monoisotopic (exact) mass is 226 g/mol. The van der Waals surface area contributed by atoms with E-state index in [1.807, 2.05) is 6.07 Å². The molecule has 0 radical (unpaired) electrons. The second-order valence-corrected chi connectivity index (χ2v) is 3.10. The van der Waals surface area contributed by atoms with Gasteiger partial charge in [0.2, 0.25) is 0 Å². The Kier molecular flexibility index (Phi) is 2.69. The Balaban J connectivity index is 3.34. The van der Waals surface area contributed by atoms with Gasteiger partial charge in [-0.3, -0.25) is 0 Å². The number of nitrogens with two attached hydrogens (primary N) is 1. The summed E-state index contributed by atoms with van der Waals surface area (Å²) >= 11 is 3.20. The molecule has 0 fully saturated rings. The van der Waals surface area contributed by atoms with Gasteiger partial charge in [-0.05, 0) is 33.6 Å². The van der Waals surface area contributed by atoms with Crippen LogP contribution in [0.3, 0.4) is 0 Å². The number of aliphatic hydroxyl groups is 1. The quantitative estimate of drug-likeness (QED) is 0.712. The number of benzene rings is 1. The summed E-state index contributed by atoms with van der Waals surface area (Å²) in [6.07, 6.45) is 0. The molecule has 0 aromatic heterocycles. The minimum atomic E-state index is -0.125. The molecule has 0 aliphatic carbocycles. The molecule has 62 valence electrons. The number of hydrogen-bond acceptors (Lipinski definition) is 3. The molecule has 0 saturated carbocycles. The Labute approximate surface area is 78.6 Å². The van der Waals surface area contributed by atoms with Gasteiger partial charge in [-0.25, -0.2) is 0 Å². The van der Waals surface area contributed by atoms with Crippen LogP contribution in [0.1, 0.15) is 11.1 Å². The average molecular weight is 227 g/mol. The molecule has 1 aromatic rings. The van der Waals surface area contributed by atoms with Crippen molar-refractivity contribution < 1.29 is 5.11 Å². The Hall–Kier alpha value is -1.05. The molecule has 0 spiro atoms. The van der Waals surface area contributed by atoms with Gasteiger partial charge in [0, 0.05) is 10.2 Å². The van der Waals surface area contributed by atoms with Gasteiger partial charge in [0.05, 0.1) is 12.2 Å². The van der Waals surface area contributed by atoms with Crippen molar-refractivity contribution in [2.24, 2.45) is 0 Å². The maximum absolute atomic E-state index is 8.87. The van der Waals surface area contributed by atoms with Crippen molar-refractivity contribution in [3.63, 3.8) is 0 Å². The second kappa shape index (κ2) is 3.57. The van der Waals surface area contributed by atoms with Crippen molar-refractivity contribution in [3.8, 4) is 6.07 Å². The third kappa shape index (κ3) is 1.58. The highest BCUT2D eigenvalue weighted by Gasteiger charge is 2.05. The van der Waals surface area contributed by atoms with Gasteiger partial charge in [-0.1, -0.05) is 0 Å². The molecule has 1 aromatic carbocycles. The van der Waals surface area contributed by atoms with Gasteiger partial charge in [0.1, 0.15) is 6.07 Å². The summed E-state index contributed by atoms with van der Waals surface area (Å²) in [4.78, 5) is 0. The van der Waals surface area contributed by atoms with E-state index >= 15 is 0 Å². The van der Waals surface area contributed by atoms with Crippen LogP contribution in [0.5, 0.6) is 0 Å². The maximum atomic E-state index is 8.87. The SMILES string of the molecule is N#Cc1cc(N)cc(CO)c1Br. The zero-order chi connectivity index (χ0) is 9.14. The first-order chi connectivity index (χ1) is 5.69. The number of halogens is 1. The first-order valence-electron chi connectivity index (χ1n) is 3.28. The fourth-order valence-electron chi connectivity index (χ4n) is 0.906. The molecule has 4 heteroatoms. The number of nitriles is 1. The number of hydrogen-bond donors (Lipinski definition) is 2.